The molecule has 70 valence electrons. The fourth-order valence-corrected chi connectivity index (χ4v) is 1.64. The van der Waals surface area contributed by atoms with Crippen molar-refractivity contribution in [2.75, 3.05) is 13.7 Å². The summed E-state index contributed by atoms with van der Waals surface area (Å²) in [7, 11) is 1.42. The van der Waals surface area contributed by atoms with Crippen molar-refractivity contribution in [2.45, 2.75) is 26.9 Å². The standard InChI is InChI=1S/C9H16O3/c1-5-12-7-6(8(10)11-4)9(7,2)3/h6-7H,5H2,1-4H3. The molecule has 1 aliphatic rings. The second kappa shape index (κ2) is 3.05. The minimum absolute atomic E-state index is 0.0386. The number of carbonyl (C=O) groups excluding carboxylic acids is 1. The van der Waals surface area contributed by atoms with Crippen LogP contribution >= 0.6 is 0 Å². The Bertz CT molecular complexity index is 186. The molecule has 0 spiro atoms. The zero-order valence-electron chi connectivity index (χ0n) is 8.09. The third-order valence-electron chi connectivity index (χ3n) is 2.53. The smallest absolute Gasteiger partial charge is 0.311 e. The van der Waals surface area contributed by atoms with Gasteiger partial charge in [-0.2, -0.15) is 0 Å². The van der Waals surface area contributed by atoms with Gasteiger partial charge in [0.05, 0.1) is 19.1 Å². The zero-order valence-corrected chi connectivity index (χ0v) is 8.09. The van der Waals surface area contributed by atoms with Crippen LogP contribution in [0.5, 0.6) is 0 Å². The maximum absolute atomic E-state index is 11.2. The molecule has 1 aliphatic carbocycles. The van der Waals surface area contributed by atoms with Gasteiger partial charge in [-0.3, -0.25) is 4.79 Å². The maximum atomic E-state index is 11.2. The molecule has 0 N–H and O–H groups in total. The minimum atomic E-state index is -0.154. The number of carbonyl (C=O) groups is 1. The Hall–Kier alpha value is -0.570. The average Bonchev–Trinajstić information content (AvgIpc) is 2.53. The van der Waals surface area contributed by atoms with Gasteiger partial charge < -0.3 is 9.47 Å². The van der Waals surface area contributed by atoms with Gasteiger partial charge in [0.1, 0.15) is 0 Å². The second-order valence-corrected chi connectivity index (χ2v) is 3.70. The molecule has 1 saturated carbocycles. The molecule has 1 fully saturated rings. The van der Waals surface area contributed by atoms with Gasteiger partial charge in [-0.1, -0.05) is 13.8 Å². The summed E-state index contributed by atoms with van der Waals surface area (Å²) in [5.41, 5.74) is -0.0386. The summed E-state index contributed by atoms with van der Waals surface area (Å²) < 4.78 is 10.1. The van der Waals surface area contributed by atoms with E-state index in [9.17, 15) is 4.79 Å². The molecule has 2 atom stereocenters. The van der Waals surface area contributed by atoms with Crippen LogP contribution in [-0.2, 0) is 14.3 Å². The van der Waals surface area contributed by atoms with Crippen LogP contribution in [0, 0.1) is 11.3 Å². The van der Waals surface area contributed by atoms with Gasteiger partial charge in [0.2, 0.25) is 0 Å². The Morgan fingerprint density at radius 1 is 1.50 bits per heavy atom. The largest absolute Gasteiger partial charge is 0.469 e. The number of esters is 1. The zero-order chi connectivity index (χ0) is 9.35. The Morgan fingerprint density at radius 3 is 2.50 bits per heavy atom. The summed E-state index contributed by atoms with van der Waals surface area (Å²) in [4.78, 5) is 11.2. The van der Waals surface area contributed by atoms with E-state index in [0.717, 1.165) is 0 Å². The molecule has 0 aromatic carbocycles. The summed E-state index contributed by atoms with van der Waals surface area (Å²) in [5.74, 6) is -0.221. The summed E-state index contributed by atoms with van der Waals surface area (Å²) in [6.45, 7) is 6.63. The van der Waals surface area contributed by atoms with E-state index in [4.69, 9.17) is 4.74 Å². The van der Waals surface area contributed by atoms with Crippen molar-refractivity contribution < 1.29 is 14.3 Å². The first-order valence-corrected chi connectivity index (χ1v) is 4.25. The Balaban J connectivity index is 2.53. The lowest BCUT2D eigenvalue weighted by Gasteiger charge is -1.99. The molecule has 0 aromatic heterocycles. The summed E-state index contributed by atoms with van der Waals surface area (Å²) >= 11 is 0. The van der Waals surface area contributed by atoms with Gasteiger partial charge in [0.15, 0.2) is 0 Å². The first-order valence-electron chi connectivity index (χ1n) is 4.25. The van der Waals surface area contributed by atoms with Crippen molar-refractivity contribution in [2.24, 2.45) is 11.3 Å². The topological polar surface area (TPSA) is 35.5 Å². The SMILES string of the molecule is CCOC1C(C(=O)OC)C1(C)C. The first kappa shape index (κ1) is 9.52. The predicted molar refractivity (Wildman–Crippen MR) is 44.7 cm³/mol. The highest BCUT2D eigenvalue weighted by molar-refractivity contribution is 5.78. The molecule has 3 nitrogen and oxygen atoms in total. The number of hydrogen-bond donors (Lipinski definition) is 0. The minimum Gasteiger partial charge on any atom is -0.469 e. The molecule has 1 rings (SSSR count). The summed E-state index contributed by atoms with van der Waals surface area (Å²) in [6, 6.07) is 0. The maximum Gasteiger partial charge on any atom is 0.311 e. The van der Waals surface area contributed by atoms with Crippen LogP contribution in [0.3, 0.4) is 0 Å². The lowest BCUT2D eigenvalue weighted by Crippen LogP contribution is -2.08. The van der Waals surface area contributed by atoms with Crippen LogP contribution in [0.25, 0.3) is 0 Å². The van der Waals surface area contributed by atoms with Gasteiger partial charge >= 0.3 is 5.97 Å². The third kappa shape index (κ3) is 1.33. The van der Waals surface area contributed by atoms with Crippen LogP contribution in [0.4, 0.5) is 0 Å². The van der Waals surface area contributed by atoms with E-state index >= 15 is 0 Å². The predicted octanol–water partition coefficient (Wildman–Crippen LogP) is 1.22. The molecule has 2 unspecified atom stereocenters. The Kier molecular flexibility index (Phi) is 2.42. The van der Waals surface area contributed by atoms with E-state index in [0.29, 0.717) is 6.61 Å². The molecule has 0 aliphatic heterocycles. The van der Waals surface area contributed by atoms with E-state index in [1.54, 1.807) is 0 Å². The van der Waals surface area contributed by atoms with E-state index in [1.165, 1.54) is 7.11 Å². The number of rotatable bonds is 3. The fraction of sp³-hybridized carbons (Fsp3) is 0.889. The van der Waals surface area contributed by atoms with Gasteiger partial charge in [0.25, 0.3) is 0 Å². The van der Waals surface area contributed by atoms with Crippen molar-refractivity contribution in [3.63, 3.8) is 0 Å². The van der Waals surface area contributed by atoms with Crippen LogP contribution in [-0.4, -0.2) is 25.8 Å². The molecule has 0 amide bonds. The normalized spacial score (nSPS) is 31.3. The first-order chi connectivity index (χ1) is 5.55. The highest BCUT2D eigenvalue weighted by Gasteiger charge is 2.63. The molecule has 0 radical (unpaired) electrons. The highest BCUT2D eigenvalue weighted by Crippen LogP contribution is 2.54. The lowest BCUT2D eigenvalue weighted by molar-refractivity contribution is -0.143. The van der Waals surface area contributed by atoms with Gasteiger partial charge in [-0.25, -0.2) is 0 Å². The van der Waals surface area contributed by atoms with Crippen molar-refractivity contribution in [1.29, 1.82) is 0 Å². The molecular weight excluding hydrogens is 156 g/mol. The molecule has 12 heavy (non-hydrogen) atoms. The molecular formula is C9H16O3. The van der Waals surface area contributed by atoms with Crippen molar-refractivity contribution in [3.8, 4) is 0 Å². The summed E-state index contributed by atoms with van der Waals surface area (Å²) in [6.07, 6.45) is 0.0509. The number of hydrogen-bond acceptors (Lipinski definition) is 3. The fourth-order valence-electron chi connectivity index (χ4n) is 1.64. The van der Waals surface area contributed by atoms with Gasteiger partial charge in [-0.05, 0) is 6.92 Å². The summed E-state index contributed by atoms with van der Waals surface area (Å²) in [5, 5.41) is 0. The van der Waals surface area contributed by atoms with E-state index in [1.807, 2.05) is 20.8 Å². The number of ether oxygens (including phenoxy) is 2. The molecule has 0 bridgehead atoms. The van der Waals surface area contributed by atoms with E-state index in [2.05, 4.69) is 4.74 Å². The highest BCUT2D eigenvalue weighted by atomic mass is 16.5. The van der Waals surface area contributed by atoms with Crippen LogP contribution in [0.1, 0.15) is 20.8 Å². The van der Waals surface area contributed by atoms with Gasteiger partial charge in [-0.15, -0.1) is 0 Å². The van der Waals surface area contributed by atoms with E-state index in [-0.39, 0.29) is 23.4 Å². The van der Waals surface area contributed by atoms with Crippen molar-refractivity contribution in [3.05, 3.63) is 0 Å². The molecule has 3 heteroatoms. The molecule has 0 saturated heterocycles. The van der Waals surface area contributed by atoms with Crippen molar-refractivity contribution in [1.82, 2.24) is 0 Å². The second-order valence-electron chi connectivity index (χ2n) is 3.70. The Morgan fingerprint density at radius 2 is 2.08 bits per heavy atom. The van der Waals surface area contributed by atoms with Crippen LogP contribution in [0.15, 0.2) is 0 Å². The molecule has 0 heterocycles. The average molecular weight is 172 g/mol. The van der Waals surface area contributed by atoms with Crippen LogP contribution < -0.4 is 0 Å². The lowest BCUT2D eigenvalue weighted by atomic mass is 10.1. The third-order valence-corrected chi connectivity index (χ3v) is 2.53. The quantitative estimate of drug-likeness (QED) is 0.600. The van der Waals surface area contributed by atoms with E-state index < -0.39 is 0 Å². The monoisotopic (exact) mass is 172 g/mol. The van der Waals surface area contributed by atoms with Crippen molar-refractivity contribution >= 4 is 5.97 Å². The molecule has 0 aromatic rings. The van der Waals surface area contributed by atoms with Crippen LogP contribution in [0.2, 0.25) is 0 Å². The van der Waals surface area contributed by atoms with Gasteiger partial charge in [0, 0.05) is 12.0 Å². The Labute approximate surface area is 73.0 Å². The number of methoxy groups -OCH3 is 1.